The van der Waals surface area contributed by atoms with Crippen LogP contribution in [0.5, 0.6) is 5.75 Å². The van der Waals surface area contributed by atoms with Crippen LogP contribution in [0, 0.1) is 5.41 Å². The van der Waals surface area contributed by atoms with Gasteiger partial charge in [0.05, 0.1) is 6.54 Å². The predicted octanol–water partition coefficient (Wildman–Crippen LogP) is 7.53. The maximum Gasteiger partial charge on any atom is 0.162 e. The molecule has 0 saturated heterocycles. The molecule has 3 aromatic carbocycles. The van der Waals surface area contributed by atoms with Gasteiger partial charge in [0.15, 0.2) is 5.78 Å². The van der Waals surface area contributed by atoms with Crippen LogP contribution in [0.2, 0.25) is 0 Å². The molecule has 2 aliphatic rings. The van der Waals surface area contributed by atoms with Gasteiger partial charge in [0.1, 0.15) is 17.5 Å². The van der Waals surface area contributed by atoms with Crippen molar-refractivity contribution >= 4 is 17.2 Å². The van der Waals surface area contributed by atoms with Gasteiger partial charge in [-0.15, -0.1) is 0 Å². The Kier molecular flexibility index (Phi) is 6.15. The van der Waals surface area contributed by atoms with Crippen LogP contribution in [0.4, 0.5) is 11.4 Å². The molecule has 1 unspecified atom stereocenters. The van der Waals surface area contributed by atoms with Crippen LogP contribution >= 0.6 is 0 Å². The predicted molar refractivity (Wildman–Crippen MR) is 147 cm³/mol. The molecule has 0 bridgehead atoms. The van der Waals surface area contributed by atoms with Gasteiger partial charge < -0.3 is 14.5 Å². The summed E-state index contributed by atoms with van der Waals surface area (Å²) in [6, 6.07) is 29.4. The van der Waals surface area contributed by atoms with Gasteiger partial charge in [0.2, 0.25) is 0 Å². The van der Waals surface area contributed by atoms with Gasteiger partial charge in [0.25, 0.3) is 0 Å². The highest BCUT2D eigenvalue weighted by atomic mass is 16.5. The van der Waals surface area contributed by atoms with Gasteiger partial charge in [-0.3, -0.25) is 4.79 Å². The summed E-state index contributed by atoms with van der Waals surface area (Å²) in [4.78, 5) is 18.2. The van der Waals surface area contributed by atoms with Crippen molar-refractivity contribution in [3.63, 3.8) is 0 Å². The number of benzene rings is 3. The highest BCUT2D eigenvalue weighted by molar-refractivity contribution is 6.00. The summed E-state index contributed by atoms with van der Waals surface area (Å²) in [5, 5.41) is 0. The van der Waals surface area contributed by atoms with Gasteiger partial charge in [0, 0.05) is 29.1 Å². The third-order valence-corrected chi connectivity index (χ3v) is 6.85. The molecule has 4 nitrogen and oxygen atoms in total. The summed E-state index contributed by atoms with van der Waals surface area (Å²) in [5.74, 6) is 1.11. The zero-order chi connectivity index (χ0) is 25.5. The lowest BCUT2D eigenvalue weighted by atomic mass is 9.74. The summed E-state index contributed by atoms with van der Waals surface area (Å²) in [5.41, 5.74) is 5.10. The van der Waals surface area contributed by atoms with Gasteiger partial charge in [-0.25, -0.2) is 0 Å². The average Bonchev–Trinajstić information content (AvgIpc) is 2.83. The Labute approximate surface area is 215 Å². The van der Waals surface area contributed by atoms with Crippen molar-refractivity contribution in [2.24, 2.45) is 5.41 Å². The molecule has 0 spiro atoms. The molecule has 0 saturated carbocycles. The summed E-state index contributed by atoms with van der Waals surface area (Å²) >= 11 is 0. The third-order valence-electron chi connectivity index (χ3n) is 6.85. The zero-order valence-corrected chi connectivity index (χ0v) is 22.0. The lowest BCUT2D eigenvalue weighted by Crippen LogP contribution is -2.51. The fraction of sp³-hybridized carbons (Fsp3) is 0.344. The molecule has 186 valence electrons. The third kappa shape index (κ3) is 4.90. The number of ether oxygens (including phenoxy) is 1. The first-order chi connectivity index (χ1) is 17.1. The molecule has 0 fully saturated rings. The minimum Gasteiger partial charge on any atom is -0.488 e. The monoisotopic (exact) mass is 480 g/mol. The van der Waals surface area contributed by atoms with E-state index in [4.69, 9.17) is 4.74 Å². The quantitative estimate of drug-likeness (QED) is 0.386. The number of carbonyl (C=O) groups excluding carboxylic acids is 1. The average molecular weight is 481 g/mol. The first-order valence-corrected chi connectivity index (χ1v) is 12.8. The molecule has 3 aromatic rings. The van der Waals surface area contributed by atoms with Crippen LogP contribution in [0.15, 0.2) is 96.2 Å². The molecule has 1 heterocycles. The van der Waals surface area contributed by atoms with E-state index >= 15 is 0 Å². The SMILES string of the molecule is CC1(C)CC(=O)C2=C(C1)N(c1ccccc1)C(c1ccc(OC(C)(C)C)cc1)N(c1ccccc1)C2. The molecule has 0 N–H and O–H groups in total. The van der Waals surface area contributed by atoms with Crippen molar-refractivity contribution in [1.29, 1.82) is 0 Å². The minimum absolute atomic E-state index is 0.0766. The number of hydrogen-bond acceptors (Lipinski definition) is 4. The highest BCUT2D eigenvalue weighted by Gasteiger charge is 2.43. The van der Waals surface area contributed by atoms with Crippen molar-refractivity contribution in [1.82, 2.24) is 0 Å². The van der Waals surface area contributed by atoms with Crippen LogP contribution in [-0.4, -0.2) is 17.9 Å². The van der Waals surface area contributed by atoms with Crippen molar-refractivity contribution in [3.8, 4) is 5.75 Å². The van der Waals surface area contributed by atoms with Gasteiger partial charge in [-0.1, -0.05) is 62.4 Å². The smallest absolute Gasteiger partial charge is 0.162 e. The van der Waals surface area contributed by atoms with E-state index in [1.807, 2.05) is 12.1 Å². The maximum absolute atomic E-state index is 13.5. The lowest BCUT2D eigenvalue weighted by molar-refractivity contribution is -0.118. The molecule has 1 atom stereocenters. The molecule has 0 amide bonds. The van der Waals surface area contributed by atoms with Crippen molar-refractivity contribution in [2.75, 3.05) is 16.3 Å². The number of nitrogens with zero attached hydrogens (tertiary/aromatic N) is 2. The zero-order valence-electron chi connectivity index (χ0n) is 22.0. The van der Waals surface area contributed by atoms with E-state index in [0.717, 1.165) is 40.4 Å². The normalized spacial score (nSPS) is 19.8. The highest BCUT2D eigenvalue weighted by Crippen LogP contribution is 2.48. The Bertz CT molecular complexity index is 1260. The fourth-order valence-electron chi connectivity index (χ4n) is 5.41. The molecular weight excluding hydrogens is 444 g/mol. The Morgan fingerprint density at radius 3 is 1.97 bits per heavy atom. The first kappa shape index (κ1) is 24.2. The number of ketones is 1. The number of hydrogen-bond donors (Lipinski definition) is 0. The minimum atomic E-state index is -0.258. The van der Waals surface area contributed by atoms with E-state index in [0.29, 0.717) is 13.0 Å². The van der Waals surface area contributed by atoms with E-state index in [9.17, 15) is 4.79 Å². The lowest BCUT2D eigenvalue weighted by Gasteiger charge is -2.51. The Morgan fingerprint density at radius 1 is 0.806 bits per heavy atom. The Balaban J connectivity index is 1.69. The van der Waals surface area contributed by atoms with Crippen LogP contribution < -0.4 is 14.5 Å². The molecule has 36 heavy (non-hydrogen) atoms. The van der Waals surface area contributed by atoms with E-state index in [1.165, 1.54) is 0 Å². The van der Waals surface area contributed by atoms with Gasteiger partial charge >= 0.3 is 0 Å². The molecule has 0 radical (unpaired) electrons. The number of allylic oxidation sites excluding steroid dienone is 1. The Morgan fingerprint density at radius 2 is 1.39 bits per heavy atom. The number of para-hydroxylation sites is 2. The maximum atomic E-state index is 13.5. The van der Waals surface area contributed by atoms with E-state index in [-0.39, 0.29) is 23.0 Å². The number of carbonyl (C=O) groups is 1. The van der Waals surface area contributed by atoms with Gasteiger partial charge in [-0.2, -0.15) is 0 Å². The topological polar surface area (TPSA) is 32.8 Å². The molecule has 1 aliphatic heterocycles. The van der Waals surface area contributed by atoms with Crippen LogP contribution in [0.25, 0.3) is 0 Å². The van der Waals surface area contributed by atoms with Crippen LogP contribution in [0.1, 0.15) is 59.2 Å². The van der Waals surface area contributed by atoms with Crippen molar-refractivity contribution < 1.29 is 9.53 Å². The molecule has 1 aliphatic carbocycles. The van der Waals surface area contributed by atoms with E-state index in [2.05, 4.69) is 117 Å². The van der Waals surface area contributed by atoms with Crippen LogP contribution in [-0.2, 0) is 4.79 Å². The Hall–Kier alpha value is -3.53. The summed E-state index contributed by atoms with van der Waals surface area (Å²) in [7, 11) is 0. The number of Topliss-reactive ketones (excluding diaryl/α,β-unsaturated/α-hetero) is 1. The second kappa shape index (κ2) is 9.16. The van der Waals surface area contributed by atoms with Gasteiger partial charge in [-0.05, 0) is 74.6 Å². The molecule has 4 heteroatoms. The molecule has 0 aromatic heterocycles. The summed E-state index contributed by atoms with van der Waals surface area (Å²) in [6.45, 7) is 11.2. The van der Waals surface area contributed by atoms with Crippen LogP contribution in [0.3, 0.4) is 0 Å². The van der Waals surface area contributed by atoms with Crippen molar-refractivity contribution in [3.05, 3.63) is 102 Å². The summed E-state index contributed by atoms with van der Waals surface area (Å²) in [6.07, 6.45) is 1.35. The van der Waals surface area contributed by atoms with Crippen molar-refractivity contribution in [2.45, 2.75) is 59.2 Å². The van der Waals surface area contributed by atoms with E-state index in [1.54, 1.807) is 0 Å². The molecular formula is C32H36N2O2. The standard InChI is InChI=1S/C32H36N2O2/c1-31(2,3)36-26-18-16-23(17-19-26)30-33(24-12-8-6-9-13-24)22-27-28(20-32(4,5)21-29(27)35)34(30)25-14-10-7-11-15-25/h6-19,30H,20-22H2,1-5H3. The van der Waals surface area contributed by atoms with E-state index < -0.39 is 0 Å². The fourth-order valence-corrected chi connectivity index (χ4v) is 5.41. The second-order valence-corrected chi connectivity index (χ2v) is 11.7. The summed E-state index contributed by atoms with van der Waals surface area (Å²) < 4.78 is 6.11. The first-order valence-electron chi connectivity index (χ1n) is 12.8. The number of rotatable bonds is 4. The number of anilines is 2. The second-order valence-electron chi connectivity index (χ2n) is 11.7. The largest absolute Gasteiger partial charge is 0.488 e. The molecule has 5 rings (SSSR count).